The predicted octanol–water partition coefficient (Wildman–Crippen LogP) is 0.948. The average Bonchev–Trinajstić information content (AvgIpc) is 2.26. The van der Waals surface area contributed by atoms with Crippen molar-refractivity contribution in [1.82, 2.24) is 5.32 Å². The number of carbonyl (C=O) groups is 1. The molecule has 0 bridgehead atoms. The van der Waals surface area contributed by atoms with Gasteiger partial charge in [-0.2, -0.15) is 0 Å². The summed E-state index contributed by atoms with van der Waals surface area (Å²) in [4.78, 5) is 10.9. The highest BCUT2D eigenvalue weighted by atomic mass is 16.1. The molecule has 0 aromatic heterocycles. The maximum Gasteiger partial charge on any atom is 0.243 e. The van der Waals surface area contributed by atoms with Gasteiger partial charge >= 0.3 is 0 Å². The van der Waals surface area contributed by atoms with Crippen LogP contribution in [0.1, 0.15) is 11.1 Å². The monoisotopic (exact) mass is 190 g/mol. The normalized spacial score (nSPS) is 9.50. The molecule has 0 fully saturated rings. The summed E-state index contributed by atoms with van der Waals surface area (Å²) in [6, 6.07) is 7.81. The molecular formula is C11H14N2O. The van der Waals surface area contributed by atoms with Gasteiger partial charge in [-0.15, -0.1) is 0 Å². The van der Waals surface area contributed by atoms with Crippen molar-refractivity contribution in [1.29, 1.82) is 0 Å². The van der Waals surface area contributed by atoms with Gasteiger partial charge in [-0.1, -0.05) is 30.8 Å². The lowest BCUT2D eigenvalue weighted by Gasteiger charge is -2.04. The highest BCUT2D eigenvalue weighted by Crippen LogP contribution is 2.03. The average molecular weight is 190 g/mol. The van der Waals surface area contributed by atoms with Gasteiger partial charge in [0.05, 0.1) is 0 Å². The van der Waals surface area contributed by atoms with Gasteiger partial charge in [0.25, 0.3) is 0 Å². The van der Waals surface area contributed by atoms with Crippen LogP contribution in [-0.2, 0) is 17.9 Å². The number of carbonyl (C=O) groups excluding carboxylic acids is 1. The molecule has 1 aromatic rings. The smallest absolute Gasteiger partial charge is 0.243 e. The molecule has 3 nitrogen and oxygen atoms in total. The topological polar surface area (TPSA) is 55.1 Å². The number of amides is 1. The van der Waals surface area contributed by atoms with Crippen LogP contribution in [-0.4, -0.2) is 5.91 Å². The molecule has 0 unspecified atom stereocenters. The first-order chi connectivity index (χ1) is 6.76. The fourth-order valence-corrected chi connectivity index (χ4v) is 1.13. The van der Waals surface area contributed by atoms with Crippen LogP contribution in [0.5, 0.6) is 0 Å². The molecule has 1 rings (SSSR count). The van der Waals surface area contributed by atoms with Gasteiger partial charge in [0.15, 0.2) is 0 Å². The number of rotatable bonds is 4. The minimum atomic E-state index is -0.164. The van der Waals surface area contributed by atoms with Crippen LogP contribution in [0.25, 0.3) is 0 Å². The lowest BCUT2D eigenvalue weighted by Crippen LogP contribution is -2.20. The van der Waals surface area contributed by atoms with Crippen LogP contribution in [0.3, 0.4) is 0 Å². The summed E-state index contributed by atoms with van der Waals surface area (Å²) in [7, 11) is 0. The van der Waals surface area contributed by atoms with Gasteiger partial charge in [0.2, 0.25) is 5.91 Å². The number of benzene rings is 1. The van der Waals surface area contributed by atoms with E-state index in [0.717, 1.165) is 11.1 Å². The van der Waals surface area contributed by atoms with Gasteiger partial charge in [-0.25, -0.2) is 0 Å². The van der Waals surface area contributed by atoms with Crippen LogP contribution in [0.4, 0.5) is 0 Å². The van der Waals surface area contributed by atoms with Crippen molar-refractivity contribution in [3.05, 3.63) is 48.0 Å². The van der Waals surface area contributed by atoms with Crippen molar-refractivity contribution in [2.45, 2.75) is 13.1 Å². The third kappa shape index (κ3) is 3.03. The van der Waals surface area contributed by atoms with Crippen LogP contribution in [0, 0.1) is 0 Å². The van der Waals surface area contributed by atoms with Gasteiger partial charge in [-0.3, -0.25) is 4.79 Å². The van der Waals surface area contributed by atoms with Crippen molar-refractivity contribution >= 4 is 5.91 Å². The Morgan fingerprint density at radius 3 is 2.86 bits per heavy atom. The van der Waals surface area contributed by atoms with E-state index in [1.807, 2.05) is 24.3 Å². The Labute approximate surface area is 83.6 Å². The molecule has 3 N–H and O–H groups in total. The van der Waals surface area contributed by atoms with Crippen LogP contribution in [0.2, 0.25) is 0 Å². The standard InChI is InChI=1S/C11H14N2O/c1-2-11(14)13-8-10-5-3-4-9(6-10)7-12/h2-6H,1,7-8,12H2,(H,13,14). The molecule has 0 aliphatic heterocycles. The Bertz CT molecular complexity index is 334. The summed E-state index contributed by atoms with van der Waals surface area (Å²) in [6.45, 7) is 4.40. The Morgan fingerprint density at radius 1 is 1.50 bits per heavy atom. The Kier molecular flexibility index (Phi) is 3.88. The summed E-state index contributed by atoms with van der Waals surface area (Å²) in [5, 5.41) is 2.70. The summed E-state index contributed by atoms with van der Waals surface area (Å²) in [6.07, 6.45) is 1.26. The van der Waals surface area contributed by atoms with Crippen LogP contribution in [0.15, 0.2) is 36.9 Å². The van der Waals surface area contributed by atoms with Gasteiger partial charge in [-0.05, 0) is 17.2 Å². The van der Waals surface area contributed by atoms with E-state index in [1.54, 1.807) is 0 Å². The summed E-state index contributed by atoms with van der Waals surface area (Å²) in [5.74, 6) is -0.164. The minimum Gasteiger partial charge on any atom is -0.348 e. The largest absolute Gasteiger partial charge is 0.348 e. The van der Waals surface area contributed by atoms with Crippen LogP contribution >= 0.6 is 0 Å². The van der Waals surface area contributed by atoms with E-state index in [-0.39, 0.29) is 5.91 Å². The molecule has 74 valence electrons. The zero-order valence-corrected chi connectivity index (χ0v) is 7.99. The van der Waals surface area contributed by atoms with Crippen molar-refractivity contribution in [3.63, 3.8) is 0 Å². The summed E-state index contributed by atoms with van der Waals surface area (Å²) in [5.41, 5.74) is 7.61. The number of hydrogen-bond donors (Lipinski definition) is 2. The predicted molar refractivity (Wildman–Crippen MR) is 56.4 cm³/mol. The second kappa shape index (κ2) is 5.19. The lowest BCUT2D eigenvalue weighted by molar-refractivity contribution is -0.116. The highest BCUT2D eigenvalue weighted by Gasteiger charge is 1.96. The number of nitrogens with two attached hydrogens (primary N) is 1. The molecule has 1 aromatic carbocycles. The first kappa shape index (κ1) is 10.5. The molecule has 0 atom stereocenters. The van der Waals surface area contributed by atoms with Crippen molar-refractivity contribution < 1.29 is 4.79 Å². The molecule has 0 saturated carbocycles. The zero-order valence-electron chi connectivity index (χ0n) is 7.99. The molecule has 0 aliphatic rings. The second-order valence-corrected chi connectivity index (χ2v) is 2.95. The zero-order chi connectivity index (χ0) is 10.4. The summed E-state index contributed by atoms with van der Waals surface area (Å²) >= 11 is 0. The first-order valence-electron chi connectivity index (χ1n) is 4.44. The highest BCUT2D eigenvalue weighted by molar-refractivity contribution is 5.86. The molecule has 0 aliphatic carbocycles. The maximum absolute atomic E-state index is 10.9. The van der Waals surface area contributed by atoms with Gasteiger partial charge in [0, 0.05) is 13.1 Å². The van der Waals surface area contributed by atoms with E-state index >= 15 is 0 Å². The van der Waals surface area contributed by atoms with E-state index in [2.05, 4.69) is 11.9 Å². The van der Waals surface area contributed by atoms with E-state index in [4.69, 9.17) is 5.73 Å². The fourth-order valence-electron chi connectivity index (χ4n) is 1.13. The number of hydrogen-bond acceptors (Lipinski definition) is 2. The van der Waals surface area contributed by atoms with E-state index < -0.39 is 0 Å². The van der Waals surface area contributed by atoms with E-state index in [1.165, 1.54) is 6.08 Å². The fraction of sp³-hybridized carbons (Fsp3) is 0.182. The Balaban J connectivity index is 2.58. The molecule has 0 spiro atoms. The molecule has 1 amide bonds. The quantitative estimate of drug-likeness (QED) is 0.694. The molecule has 0 saturated heterocycles. The maximum atomic E-state index is 10.9. The summed E-state index contributed by atoms with van der Waals surface area (Å²) < 4.78 is 0. The second-order valence-electron chi connectivity index (χ2n) is 2.95. The lowest BCUT2D eigenvalue weighted by atomic mass is 10.1. The minimum absolute atomic E-state index is 0.164. The SMILES string of the molecule is C=CC(=O)NCc1cccc(CN)c1. The molecule has 0 radical (unpaired) electrons. The van der Waals surface area contributed by atoms with Crippen molar-refractivity contribution in [3.8, 4) is 0 Å². The first-order valence-corrected chi connectivity index (χ1v) is 4.44. The van der Waals surface area contributed by atoms with Gasteiger partial charge in [0.1, 0.15) is 0 Å². The van der Waals surface area contributed by atoms with Crippen molar-refractivity contribution in [2.24, 2.45) is 5.73 Å². The van der Waals surface area contributed by atoms with Gasteiger partial charge < -0.3 is 11.1 Å². The Hall–Kier alpha value is -1.61. The van der Waals surface area contributed by atoms with E-state index in [0.29, 0.717) is 13.1 Å². The molecule has 0 heterocycles. The molecular weight excluding hydrogens is 176 g/mol. The van der Waals surface area contributed by atoms with Crippen molar-refractivity contribution in [2.75, 3.05) is 0 Å². The molecule has 14 heavy (non-hydrogen) atoms. The Morgan fingerprint density at radius 2 is 2.21 bits per heavy atom. The van der Waals surface area contributed by atoms with E-state index in [9.17, 15) is 4.79 Å². The third-order valence-electron chi connectivity index (χ3n) is 1.88. The number of nitrogens with one attached hydrogen (secondary N) is 1. The third-order valence-corrected chi connectivity index (χ3v) is 1.88. The molecule has 3 heteroatoms. The van der Waals surface area contributed by atoms with Crippen LogP contribution < -0.4 is 11.1 Å².